The molecule has 0 aliphatic heterocycles. The Bertz CT molecular complexity index is 410. The molecule has 8 heteroatoms. The number of ether oxygens (including phenoxy) is 1. The van der Waals surface area contributed by atoms with Crippen LogP contribution in [0, 0.1) is 0 Å². The zero-order valence-corrected chi connectivity index (χ0v) is 9.33. The summed E-state index contributed by atoms with van der Waals surface area (Å²) in [6.07, 6.45) is -3.13. The number of amides is 1. The van der Waals surface area contributed by atoms with Gasteiger partial charge in [-0.3, -0.25) is 4.79 Å². The summed E-state index contributed by atoms with van der Waals surface area (Å²) < 4.78 is 40.6. The van der Waals surface area contributed by atoms with Crippen molar-refractivity contribution in [2.24, 2.45) is 5.73 Å². The highest BCUT2D eigenvalue weighted by atomic mass is 19.4. The highest BCUT2D eigenvalue weighted by molar-refractivity contribution is 5.77. The zero-order valence-electron chi connectivity index (χ0n) is 9.33. The first-order valence-corrected chi connectivity index (χ1v) is 5.02. The summed E-state index contributed by atoms with van der Waals surface area (Å²) in [6, 6.07) is 3.04. The van der Waals surface area contributed by atoms with Gasteiger partial charge in [0.2, 0.25) is 11.8 Å². The summed E-state index contributed by atoms with van der Waals surface area (Å²) in [5, 5.41) is 2.42. The second kappa shape index (κ2) is 6.20. The van der Waals surface area contributed by atoms with E-state index in [2.05, 4.69) is 15.0 Å². The maximum atomic E-state index is 12.0. The molecule has 1 aromatic heterocycles. The molecule has 1 aromatic rings. The normalized spacial score (nSPS) is 11.1. The number of nitrogens with one attached hydrogen (secondary N) is 1. The molecule has 0 aliphatic rings. The summed E-state index contributed by atoms with van der Waals surface area (Å²) in [7, 11) is 0. The minimum Gasteiger partial charge on any atom is -0.468 e. The summed E-state index contributed by atoms with van der Waals surface area (Å²) in [5.41, 5.74) is 5.43. The predicted molar refractivity (Wildman–Crippen MR) is 56.7 cm³/mol. The molecule has 0 saturated carbocycles. The minimum atomic E-state index is -4.44. The van der Waals surface area contributed by atoms with Gasteiger partial charge in [-0.05, 0) is 6.07 Å². The molecule has 1 heterocycles. The van der Waals surface area contributed by atoms with Crippen LogP contribution in [0.15, 0.2) is 18.3 Å². The third-order valence-corrected chi connectivity index (χ3v) is 1.88. The predicted octanol–water partition coefficient (Wildman–Crippen LogP) is 0.598. The lowest BCUT2D eigenvalue weighted by Crippen LogP contribution is -2.30. The van der Waals surface area contributed by atoms with E-state index in [-0.39, 0.29) is 19.0 Å². The summed E-state index contributed by atoms with van der Waals surface area (Å²) in [6.45, 7) is -1.61. The highest BCUT2D eigenvalue weighted by Crippen LogP contribution is 2.19. The largest absolute Gasteiger partial charge is 0.468 e. The molecule has 0 radical (unpaired) electrons. The molecule has 1 rings (SSSR count). The van der Waals surface area contributed by atoms with Crippen molar-refractivity contribution >= 4 is 5.91 Å². The van der Waals surface area contributed by atoms with E-state index in [9.17, 15) is 18.0 Å². The number of nitrogens with zero attached hydrogens (tertiary/aromatic N) is 1. The fourth-order valence-corrected chi connectivity index (χ4v) is 1.10. The van der Waals surface area contributed by atoms with Crippen LogP contribution in [-0.2, 0) is 11.3 Å². The Morgan fingerprint density at radius 1 is 1.50 bits per heavy atom. The van der Waals surface area contributed by atoms with Gasteiger partial charge in [0.1, 0.15) is 0 Å². The van der Waals surface area contributed by atoms with Crippen LogP contribution in [0.3, 0.4) is 0 Å². The van der Waals surface area contributed by atoms with E-state index in [0.29, 0.717) is 5.56 Å². The zero-order chi connectivity index (χ0) is 13.6. The van der Waals surface area contributed by atoms with Gasteiger partial charge in [-0.1, -0.05) is 6.07 Å². The molecule has 0 aromatic carbocycles. The summed E-state index contributed by atoms with van der Waals surface area (Å²) >= 11 is 0. The van der Waals surface area contributed by atoms with Crippen molar-refractivity contribution in [3.05, 3.63) is 23.9 Å². The quantitative estimate of drug-likeness (QED) is 0.815. The molecule has 0 fully saturated rings. The molecule has 1 amide bonds. The van der Waals surface area contributed by atoms with Crippen molar-refractivity contribution < 1.29 is 22.7 Å². The first-order valence-electron chi connectivity index (χ1n) is 5.02. The third-order valence-electron chi connectivity index (χ3n) is 1.88. The average molecular weight is 263 g/mol. The SMILES string of the molecule is NCC(=O)NCc1cccnc1OCC(F)(F)F. The Kier molecular flexibility index (Phi) is 4.90. The lowest BCUT2D eigenvalue weighted by molar-refractivity contribution is -0.154. The molecule has 0 spiro atoms. The van der Waals surface area contributed by atoms with E-state index >= 15 is 0 Å². The van der Waals surface area contributed by atoms with Gasteiger partial charge in [-0.25, -0.2) is 4.98 Å². The monoisotopic (exact) mass is 263 g/mol. The van der Waals surface area contributed by atoms with Gasteiger partial charge in [0.25, 0.3) is 0 Å². The number of carbonyl (C=O) groups is 1. The fourth-order valence-electron chi connectivity index (χ4n) is 1.10. The number of rotatable bonds is 5. The van der Waals surface area contributed by atoms with Gasteiger partial charge in [0, 0.05) is 18.3 Å². The Morgan fingerprint density at radius 3 is 2.83 bits per heavy atom. The first-order chi connectivity index (χ1) is 8.42. The van der Waals surface area contributed by atoms with Crippen molar-refractivity contribution in [2.75, 3.05) is 13.2 Å². The van der Waals surface area contributed by atoms with E-state index < -0.39 is 18.7 Å². The van der Waals surface area contributed by atoms with E-state index in [0.717, 1.165) is 0 Å². The van der Waals surface area contributed by atoms with Crippen molar-refractivity contribution in [3.8, 4) is 5.88 Å². The smallest absolute Gasteiger partial charge is 0.422 e. The van der Waals surface area contributed by atoms with Crippen LogP contribution in [-0.4, -0.2) is 30.2 Å². The molecule has 3 N–H and O–H groups in total. The number of aromatic nitrogens is 1. The molecule has 0 bridgehead atoms. The van der Waals surface area contributed by atoms with Gasteiger partial charge in [0.15, 0.2) is 6.61 Å². The maximum absolute atomic E-state index is 12.0. The second-order valence-electron chi connectivity index (χ2n) is 3.35. The number of hydrogen-bond donors (Lipinski definition) is 2. The van der Waals surface area contributed by atoms with Crippen LogP contribution >= 0.6 is 0 Å². The number of nitrogens with two attached hydrogens (primary N) is 1. The first kappa shape index (κ1) is 14.2. The van der Waals surface area contributed by atoms with Gasteiger partial charge >= 0.3 is 6.18 Å². The second-order valence-corrected chi connectivity index (χ2v) is 3.35. The molecule has 18 heavy (non-hydrogen) atoms. The minimum absolute atomic E-state index is 0.0110. The number of alkyl halides is 3. The van der Waals surface area contributed by atoms with Gasteiger partial charge in [-0.15, -0.1) is 0 Å². The van der Waals surface area contributed by atoms with Crippen LogP contribution in [0.2, 0.25) is 0 Å². The number of pyridine rings is 1. The van der Waals surface area contributed by atoms with Crippen LogP contribution in [0.5, 0.6) is 5.88 Å². The molecule has 0 saturated heterocycles. The topological polar surface area (TPSA) is 77.2 Å². The molecule has 5 nitrogen and oxygen atoms in total. The van der Waals surface area contributed by atoms with Gasteiger partial charge in [-0.2, -0.15) is 13.2 Å². The van der Waals surface area contributed by atoms with Gasteiger partial charge in [0.05, 0.1) is 6.54 Å². The lowest BCUT2D eigenvalue weighted by Gasteiger charge is -2.12. The Morgan fingerprint density at radius 2 is 2.22 bits per heavy atom. The number of hydrogen-bond acceptors (Lipinski definition) is 4. The van der Waals surface area contributed by atoms with E-state index in [1.54, 1.807) is 0 Å². The molecular weight excluding hydrogens is 251 g/mol. The number of halogens is 3. The van der Waals surface area contributed by atoms with Crippen LogP contribution < -0.4 is 15.8 Å². The molecule has 0 aliphatic carbocycles. The Balaban J connectivity index is 2.64. The molecule has 0 atom stereocenters. The standard InChI is InChI=1S/C10H12F3N3O2/c11-10(12,13)6-18-9-7(2-1-3-15-9)5-16-8(17)4-14/h1-3H,4-6,14H2,(H,16,17). The van der Waals surface area contributed by atoms with E-state index in [1.807, 2.05) is 0 Å². The van der Waals surface area contributed by atoms with Crippen molar-refractivity contribution in [1.82, 2.24) is 10.3 Å². The lowest BCUT2D eigenvalue weighted by atomic mass is 10.2. The Hall–Kier alpha value is -1.83. The van der Waals surface area contributed by atoms with Crippen LogP contribution in [0.4, 0.5) is 13.2 Å². The average Bonchev–Trinajstić information content (AvgIpc) is 2.33. The van der Waals surface area contributed by atoms with E-state index in [1.165, 1.54) is 18.3 Å². The Labute approximate surface area is 101 Å². The van der Waals surface area contributed by atoms with Crippen molar-refractivity contribution in [3.63, 3.8) is 0 Å². The maximum Gasteiger partial charge on any atom is 0.422 e. The highest BCUT2D eigenvalue weighted by Gasteiger charge is 2.29. The molecular formula is C10H12F3N3O2. The summed E-state index contributed by atoms with van der Waals surface area (Å²) in [4.78, 5) is 14.6. The number of carbonyl (C=O) groups excluding carboxylic acids is 1. The van der Waals surface area contributed by atoms with E-state index in [4.69, 9.17) is 5.73 Å². The third kappa shape index (κ3) is 5.00. The van der Waals surface area contributed by atoms with Crippen LogP contribution in [0.25, 0.3) is 0 Å². The fraction of sp³-hybridized carbons (Fsp3) is 0.400. The van der Waals surface area contributed by atoms with Crippen LogP contribution in [0.1, 0.15) is 5.56 Å². The van der Waals surface area contributed by atoms with Crippen molar-refractivity contribution in [2.45, 2.75) is 12.7 Å². The summed E-state index contributed by atoms with van der Waals surface area (Å²) in [5.74, 6) is -0.576. The van der Waals surface area contributed by atoms with Crippen molar-refractivity contribution in [1.29, 1.82) is 0 Å². The molecule has 100 valence electrons. The van der Waals surface area contributed by atoms with Gasteiger partial charge < -0.3 is 15.8 Å². The molecule has 0 unspecified atom stereocenters.